The van der Waals surface area contributed by atoms with Crippen molar-refractivity contribution in [1.29, 1.82) is 0 Å². The van der Waals surface area contributed by atoms with Gasteiger partial charge in [-0.2, -0.15) is 22.4 Å². The van der Waals surface area contributed by atoms with E-state index < -0.39 is 11.4 Å². The Balaban J connectivity index is 2.59. The molecule has 0 fully saturated rings. The summed E-state index contributed by atoms with van der Waals surface area (Å²) in [6.07, 6.45) is 0. The van der Waals surface area contributed by atoms with Gasteiger partial charge in [0.1, 0.15) is 17.3 Å². The zero-order chi connectivity index (χ0) is 12.4. The Labute approximate surface area is 102 Å². The second-order valence-corrected chi connectivity index (χ2v) is 3.68. The molecule has 0 aliphatic heterocycles. The minimum absolute atomic E-state index is 0.191. The lowest BCUT2D eigenvalue weighted by Gasteiger charge is -2.07. The molecule has 1 aromatic carbocycles. The summed E-state index contributed by atoms with van der Waals surface area (Å²) >= 11 is 3.99. The molecule has 88 valence electrons. The summed E-state index contributed by atoms with van der Waals surface area (Å²) < 4.78 is 13.8. The predicted molar refractivity (Wildman–Crippen MR) is 64.1 cm³/mol. The van der Waals surface area contributed by atoms with Gasteiger partial charge in [-0.3, -0.25) is 4.79 Å². The number of hydrogen-bond donors (Lipinski definition) is 2. The molecule has 0 unspecified atom stereocenters. The van der Waals surface area contributed by atoms with E-state index in [0.717, 1.165) is 10.7 Å². The molecule has 2 aromatic rings. The van der Waals surface area contributed by atoms with E-state index in [1.54, 1.807) is 0 Å². The second-order valence-electron chi connectivity index (χ2n) is 3.36. The Hall–Kier alpha value is -1.82. The number of aromatic hydroxyl groups is 1. The second kappa shape index (κ2) is 4.58. The molecule has 6 heteroatoms. The van der Waals surface area contributed by atoms with Gasteiger partial charge in [-0.05, 0) is 24.3 Å². The third-order valence-corrected chi connectivity index (χ3v) is 2.51. The molecule has 17 heavy (non-hydrogen) atoms. The molecule has 0 aliphatic rings. The SMILES string of the molecule is O=c1cc(O)c(CS)nn1-c1ccc(F)cc1. The van der Waals surface area contributed by atoms with Gasteiger partial charge in [0.15, 0.2) is 0 Å². The number of thiol groups is 1. The predicted octanol–water partition coefficient (Wildman–Crippen LogP) is 1.51. The van der Waals surface area contributed by atoms with Crippen LogP contribution in [-0.2, 0) is 5.75 Å². The quantitative estimate of drug-likeness (QED) is 0.796. The van der Waals surface area contributed by atoms with Crippen molar-refractivity contribution in [3.63, 3.8) is 0 Å². The molecule has 2 rings (SSSR count). The topological polar surface area (TPSA) is 55.1 Å². The van der Waals surface area contributed by atoms with Crippen LogP contribution in [0.25, 0.3) is 5.69 Å². The van der Waals surface area contributed by atoms with E-state index in [0.29, 0.717) is 5.69 Å². The van der Waals surface area contributed by atoms with Gasteiger partial charge < -0.3 is 5.11 Å². The molecule has 0 bridgehead atoms. The largest absolute Gasteiger partial charge is 0.506 e. The van der Waals surface area contributed by atoms with E-state index in [2.05, 4.69) is 17.7 Å². The third-order valence-electron chi connectivity index (χ3n) is 2.21. The smallest absolute Gasteiger partial charge is 0.275 e. The van der Waals surface area contributed by atoms with E-state index in [-0.39, 0.29) is 17.2 Å². The van der Waals surface area contributed by atoms with Crippen LogP contribution in [0.3, 0.4) is 0 Å². The number of halogens is 1. The number of hydrogen-bond acceptors (Lipinski definition) is 4. The average Bonchev–Trinajstić information content (AvgIpc) is 2.31. The van der Waals surface area contributed by atoms with Crippen LogP contribution in [0, 0.1) is 5.82 Å². The van der Waals surface area contributed by atoms with Crippen LogP contribution >= 0.6 is 12.6 Å². The molecular formula is C11H9FN2O2S. The minimum Gasteiger partial charge on any atom is -0.506 e. The van der Waals surface area contributed by atoms with Gasteiger partial charge >= 0.3 is 0 Å². The molecule has 1 N–H and O–H groups in total. The molecule has 0 aliphatic carbocycles. The van der Waals surface area contributed by atoms with Crippen LogP contribution in [0.4, 0.5) is 4.39 Å². The van der Waals surface area contributed by atoms with Gasteiger partial charge in [-0.15, -0.1) is 0 Å². The van der Waals surface area contributed by atoms with Gasteiger partial charge in [-0.1, -0.05) is 0 Å². The molecule has 0 saturated carbocycles. The Bertz CT molecular complexity index is 595. The van der Waals surface area contributed by atoms with Crippen molar-refractivity contribution in [2.24, 2.45) is 0 Å². The molecule has 0 atom stereocenters. The van der Waals surface area contributed by atoms with Crippen molar-refractivity contribution in [3.8, 4) is 11.4 Å². The molecule has 1 heterocycles. The summed E-state index contributed by atoms with van der Waals surface area (Å²) in [6.45, 7) is 0. The van der Waals surface area contributed by atoms with Gasteiger partial charge in [0.25, 0.3) is 5.56 Å². The Morgan fingerprint density at radius 2 is 2.00 bits per heavy atom. The lowest BCUT2D eigenvalue weighted by atomic mass is 10.3. The van der Waals surface area contributed by atoms with Crippen molar-refractivity contribution in [2.75, 3.05) is 0 Å². The van der Waals surface area contributed by atoms with E-state index in [1.807, 2.05) is 0 Å². The molecule has 0 amide bonds. The molecule has 0 saturated heterocycles. The summed E-state index contributed by atoms with van der Waals surface area (Å²) in [7, 11) is 0. The molecule has 0 radical (unpaired) electrons. The van der Waals surface area contributed by atoms with E-state index >= 15 is 0 Å². The van der Waals surface area contributed by atoms with Gasteiger partial charge in [0, 0.05) is 11.8 Å². The summed E-state index contributed by atoms with van der Waals surface area (Å²) in [5, 5.41) is 13.4. The monoisotopic (exact) mass is 252 g/mol. The lowest BCUT2D eigenvalue weighted by Crippen LogP contribution is -2.21. The van der Waals surface area contributed by atoms with E-state index in [9.17, 15) is 14.3 Å². The van der Waals surface area contributed by atoms with Crippen LogP contribution in [0.1, 0.15) is 5.69 Å². The first kappa shape index (κ1) is 11.7. The maximum Gasteiger partial charge on any atom is 0.275 e. The van der Waals surface area contributed by atoms with E-state index in [1.165, 1.54) is 24.3 Å². The van der Waals surface area contributed by atoms with Crippen LogP contribution in [0.15, 0.2) is 35.1 Å². The van der Waals surface area contributed by atoms with Crippen molar-refractivity contribution in [3.05, 3.63) is 52.2 Å². The highest BCUT2D eigenvalue weighted by Crippen LogP contribution is 2.14. The maximum atomic E-state index is 12.8. The minimum atomic E-state index is -0.486. The standard InChI is InChI=1S/C11H9FN2O2S/c12-7-1-3-8(4-2-7)14-11(16)5-10(15)9(6-17)13-14/h1-5,15,17H,6H2. The van der Waals surface area contributed by atoms with Gasteiger partial charge in [-0.25, -0.2) is 4.39 Å². The van der Waals surface area contributed by atoms with Crippen molar-refractivity contribution in [1.82, 2.24) is 9.78 Å². The average molecular weight is 252 g/mol. The molecule has 0 spiro atoms. The number of aromatic nitrogens is 2. The van der Waals surface area contributed by atoms with Gasteiger partial charge in [0.05, 0.1) is 5.69 Å². The summed E-state index contributed by atoms with van der Waals surface area (Å²) in [4.78, 5) is 11.6. The first-order chi connectivity index (χ1) is 8.11. The van der Waals surface area contributed by atoms with Crippen LogP contribution in [-0.4, -0.2) is 14.9 Å². The summed E-state index contributed by atoms with van der Waals surface area (Å²) in [5.74, 6) is -0.383. The fraction of sp³-hybridized carbons (Fsp3) is 0.0909. The molecule has 1 aromatic heterocycles. The lowest BCUT2D eigenvalue weighted by molar-refractivity contribution is 0.460. The molecule has 4 nitrogen and oxygen atoms in total. The maximum absolute atomic E-state index is 12.8. The zero-order valence-electron chi connectivity index (χ0n) is 8.67. The number of benzene rings is 1. The normalized spacial score (nSPS) is 10.5. The van der Waals surface area contributed by atoms with E-state index in [4.69, 9.17) is 0 Å². The van der Waals surface area contributed by atoms with Crippen LogP contribution in [0.5, 0.6) is 5.75 Å². The number of nitrogens with zero attached hydrogens (tertiary/aromatic N) is 2. The summed E-state index contributed by atoms with van der Waals surface area (Å²) in [6, 6.07) is 6.39. The highest BCUT2D eigenvalue weighted by Gasteiger charge is 2.07. The summed E-state index contributed by atoms with van der Waals surface area (Å²) in [5.41, 5.74) is 0.233. The molecular weight excluding hydrogens is 243 g/mol. The van der Waals surface area contributed by atoms with Crippen molar-refractivity contribution < 1.29 is 9.50 Å². The van der Waals surface area contributed by atoms with Crippen LogP contribution < -0.4 is 5.56 Å². The van der Waals surface area contributed by atoms with Crippen molar-refractivity contribution in [2.45, 2.75) is 5.75 Å². The highest BCUT2D eigenvalue weighted by molar-refractivity contribution is 7.79. The Morgan fingerprint density at radius 1 is 1.35 bits per heavy atom. The van der Waals surface area contributed by atoms with Gasteiger partial charge in [0.2, 0.25) is 0 Å². The Kier molecular flexibility index (Phi) is 3.14. The zero-order valence-corrected chi connectivity index (χ0v) is 9.56. The Morgan fingerprint density at radius 3 is 2.59 bits per heavy atom. The fourth-order valence-electron chi connectivity index (χ4n) is 1.36. The van der Waals surface area contributed by atoms with Crippen molar-refractivity contribution >= 4 is 12.6 Å². The fourth-order valence-corrected chi connectivity index (χ4v) is 1.59. The van der Waals surface area contributed by atoms with Crippen LogP contribution in [0.2, 0.25) is 0 Å². The first-order valence-electron chi connectivity index (χ1n) is 4.81. The first-order valence-corrected chi connectivity index (χ1v) is 5.44. The highest BCUT2D eigenvalue weighted by atomic mass is 32.1. The number of rotatable bonds is 2. The third kappa shape index (κ3) is 2.31.